The van der Waals surface area contributed by atoms with Crippen molar-refractivity contribution in [2.24, 2.45) is 5.10 Å². The predicted molar refractivity (Wildman–Crippen MR) is 151 cm³/mol. The standard InChI is InChI=1S/C29H29BrN2O4S/c1-4-35-28(33)13-20-11-17(2)12-27-24(20)14-25-26(36-27)10-9-23(21-15-37(34)16-21)29(25)32-31-18(3)19-5-7-22(30)8-6-19/h5-12,21,32H,4,13-16H2,1-3H3. The number of aryl methyl sites for hydroxylation is 1. The highest BCUT2D eigenvalue weighted by molar-refractivity contribution is 9.10. The van der Waals surface area contributed by atoms with Gasteiger partial charge in [-0.25, -0.2) is 0 Å². The van der Waals surface area contributed by atoms with Gasteiger partial charge in [-0.1, -0.05) is 40.2 Å². The van der Waals surface area contributed by atoms with Crippen LogP contribution in [0.3, 0.4) is 0 Å². The van der Waals surface area contributed by atoms with Gasteiger partial charge in [0.25, 0.3) is 0 Å². The van der Waals surface area contributed by atoms with Crippen molar-refractivity contribution in [1.29, 1.82) is 0 Å². The minimum atomic E-state index is -0.779. The number of nitrogens with one attached hydrogen (secondary N) is 1. The Hall–Kier alpha value is -2.97. The average molecular weight is 582 g/mol. The van der Waals surface area contributed by atoms with Crippen molar-refractivity contribution < 1.29 is 18.5 Å². The summed E-state index contributed by atoms with van der Waals surface area (Å²) in [6.07, 6.45) is 0.792. The molecule has 0 amide bonds. The second-order valence-electron chi connectivity index (χ2n) is 9.45. The number of esters is 1. The lowest BCUT2D eigenvalue weighted by Gasteiger charge is -2.31. The van der Waals surface area contributed by atoms with Gasteiger partial charge >= 0.3 is 5.97 Å². The van der Waals surface area contributed by atoms with Crippen LogP contribution in [0.5, 0.6) is 11.5 Å². The van der Waals surface area contributed by atoms with E-state index in [2.05, 4.69) is 27.4 Å². The van der Waals surface area contributed by atoms with Crippen LogP contribution >= 0.6 is 15.9 Å². The van der Waals surface area contributed by atoms with E-state index in [0.29, 0.717) is 24.5 Å². The molecule has 8 heteroatoms. The maximum absolute atomic E-state index is 12.4. The molecule has 6 nitrogen and oxygen atoms in total. The van der Waals surface area contributed by atoms with Gasteiger partial charge in [0.2, 0.25) is 0 Å². The number of carbonyl (C=O) groups is 1. The fourth-order valence-corrected chi connectivity index (χ4v) is 6.26. The lowest BCUT2D eigenvalue weighted by molar-refractivity contribution is -0.142. The topological polar surface area (TPSA) is 77.0 Å². The van der Waals surface area contributed by atoms with Crippen LogP contribution in [0.15, 0.2) is 58.1 Å². The first-order chi connectivity index (χ1) is 17.8. The highest BCUT2D eigenvalue weighted by atomic mass is 79.9. The number of carbonyl (C=O) groups excluding carboxylic acids is 1. The van der Waals surface area contributed by atoms with E-state index in [1.807, 2.05) is 63.2 Å². The maximum Gasteiger partial charge on any atom is 0.310 e. The summed E-state index contributed by atoms with van der Waals surface area (Å²) in [6, 6.07) is 16.1. The molecule has 5 rings (SSSR count). The highest BCUT2D eigenvalue weighted by Crippen LogP contribution is 2.46. The molecule has 0 aliphatic carbocycles. The number of hydrogen-bond donors (Lipinski definition) is 1. The van der Waals surface area contributed by atoms with Crippen LogP contribution in [0, 0.1) is 6.92 Å². The fraction of sp³-hybridized carbons (Fsp3) is 0.310. The first-order valence-electron chi connectivity index (χ1n) is 12.3. The number of hydrazone groups is 1. The maximum atomic E-state index is 12.4. The van der Waals surface area contributed by atoms with Gasteiger partial charge in [-0.3, -0.25) is 14.4 Å². The SMILES string of the molecule is CCOC(=O)Cc1cc(C)cc2c1Cc1c(ccc(C3CS(=O)C3)c1NN=C(C)c1ccc(Br)cc1)O2. The summed E-state index contributed by atoms with van der Waals surface area (Å²) in [5.41, 5.74) is 11.1. The summed E-state index contributed by atoms with van der Waals surface area (Å²) >= 11 is 3.48. The predicted octanol–water partition coefficient (Wildman–Crippen LogP) is 6.24. The first-order valence-corrected chi connectivity index (χ1v) is 14.6. The zero-order valence-electron chi connectivity index (χ0n) is 21.1. The van der Waals surface area contributed by atoms with Crippen molar-refractivity contribution in [2.45, 2.75) is 39.5 Å². The Bertz CT molecular complexity index is 1410. The summed E-state index contributed by atoms with van der Waals surface area (Å²) < 4.78 is 24.6. The molecule has 1 fully saturated rings. The third kappa shape index (κ3) is 5.50. The third-order valence-corrected chi connectivity index (χ3v) is 8.85. The van der Waals surface area contributed by atoms with Crippen molar-refractivity contribution in [2.75, 3.05) is 23.5 Å². The number of hydrogen-bond acceptors (Lipinski definition) is 6. The Morgan fingerprint density at radius 1 is 1.14 bits per heavy atom. The van der Waals surface area contributed by atoms with Gasteiger partial charge in [-0.15, -0.1) is 0 Å². The molecule has 1 saturated heterocycles. The summed E-state index contributed by atoms with van der Waals surface area (Å²) in [7, 11) is -0.779. The van der Waals surface area contributed by atoms with Crippen molar-refractivity contribution in [1.82, 2.24) is 0 Å². The molecule has 2 heterocycles. The van der Waals surface area contributed by atoms with Gasteiger partial charge in [0.05, 0.1) is 24.4 Å². The molecular weight excluding hydrogens is 552 g/mol. The van der Waals surface area contributed by atoms with Crippen LogP contribution in [0.25, 0.3) is 0 Å². The molecule has 1 N–H and O–H groups in total. The summed E-state index contributed by atoms with van der Waals surface area (Å²) in [5.74, 6) is 2.78. The van der Waals surface area contributed by atoms with Crippen molar-refractivity contribution in [3.8, 4) is 11.5 Å². The molecule has 2 aliphatic rings. The van der Waals surface area contributed by atoms with E-state index in [9.17, 15) is 9.00 Å². The largest absolute Gasteiger partial charge is 0.466 e. The van der Waals surface area contributed by atoms with E-state index < -0.39 is 10.8 Å². The van der Waals surface area contributed by atoms with E-state index in [1.165, 1.54) is 0 Å². The number of halogens is 1. The molecule has 0 spiro atoms. The van der Waals surface area contributed by atoms with E-state index in [1.54, 1.807) is 0 Å². The van der Waals surface area contributed by atoms with E-state index >= 15 is 0 Å². The molecule has 0 atom stereocenters. The Balaban J connectivity index is 1.54. The van der Waals surface area contributed by atoms with E-state index in [4.69, 9.17) is 14.6 Å². The van der Waals surface area contributed by atoms with Gasteiger partial charge in [0.15, 0.2) is 0 Å². The Morgan fingerprint density at radius 2 is 1.89 bits per heavy atom. The number of anilines is 1. The average Bonchev–Trinajstić information content (AvgIpc) is 2.84. The van der Waals surface area contributed by atoms with Gasteiger partial charge < -0.3 is 9.47 Å². The van der Waals surface area contributed by atoms with Gasteiger partial charge in [-0.2, -0.15) is 5.10 Å². The zero-order chi connectivity index (χ0) is 26.1. The van der Waals surface area contributed by atoms with Crippen LogP contribution < -0.4 is 10.2 Å². The monoisotopic (exact) mass is 580 g/mol. The summed E-state index contributed by atoms with van der Waals surface area (Å²) in [4.78, 5) is 12.4. The molecule has 192 valence electrons. The van der Waals surface area contributed by atoms with Gasteiger partial charge in [0, 0.05) is 50.2 Å². The van der Waals surface area contributed by atoms with Crippen molar-refractivity contribution in [3.05, 3.63) is 86.4 Å². The lowest BCUT2D eigenvalue weighted by atomic mass is 9.89. The van der Waals surface area contributed by atoms with E-state index in [0.717, 1.165) is 60.8 Å². The van der Waals surface area contributed by atoms with Crippen LogP contribution in [0.1, 0.15) is 53.1 Å². The number of rotatable bonds is 7. The van der Waals surface area contributed by atoms with Gasteiger partial charge in [-0.05, 0) is 67.3 Å². The van der Waals surface area contributed by atoms with Crippen molar-refractivity contribution in [3.63, 3.8) is 0 Å². The smallest absolute Gasteiger partial charge is 0.310 e. The van der Waals surface area contributed by atoms with Crippen LogP contribution in [0.2, 0.25) is 0 Å². The Kier molecular flexibility index (Phi) is 7.49. The first kappa shape index (κ1) is 25.7. The summed E-state index contributed by atoms with van der Waals surface area (Å²) in [5, 5.41) is 4.73. The van der Waals surface area contributed by atoms with E-state index in [-0.39, 0.29) is 18.3 Å². The third-order valence-electron chi connectivity index (χ3n) is 6.77. The zero-order valence-corrected chi connectivity index (χ0v) is 23.5. The number of nitrogens with zero attached hydrogens (tertiary/aromatic N) is 1. The Morgan fingerprint density at radius 3 is 2.59 bits per heavy atom. The molecular formula is C29H29BrN2O4S. The van der Waals surface area contributed by atoms with Gasteiger partial charge in [0.1, 0.15) is 11.5 Å². The molecule has 0 aromatic heterocycles. The van der Waals surface area contributed by atoms with Crippen LogP contribution in [-0.4, -0.2) is 34.0 Å². The second-order valence-corrected chi connectivity index (χ2v) is 11.9. The molecule has 3 aromatic carbocycles. The molecule has 0 saturated carbocycles. The molecule has 2 aliphatic heterocycles. The lowest BCUT2D eigenvalue weighted by Crippen LogP contribution is -2.29. The number of ether oxygens (including phenoxy) is 2. The molecule has 0 bridgehead atoms. The quantitative estimate of drug-likeness (QED) is 0.159. The summed E-state index contributed by atoms with van der Waals surface area (Å²) in [6.45, 7) is 6.13. The molecule has 0 unspecified atom stereocenters. The Labute approximate surface area is 228 Å². The van der Waals surface area contributed by atoms with Crippen LogP contribution in [-0.2, 0) is 33.2 Å². The minimum absolute atomic E-state index is 0.196. The van der Waals surface area contributed by atoms with Crippen LogP contribution in [0.4, 0.5) is 5.69 Å². The highest BCUT2D eigenvalue weighted by Gasteiger charge is 2.32. The minimum Gasteiger partial charge on any atom is -0.466 e. The number of fused-ring (bicyclic) bond motifs is 2. The molecule has 3 aromatic rings. The molecule has 0 radical (unpaired) electrons. The normalized spacial score (nSPS) is 18.2. The number of benzene rings is 3. The molecule has 37 heavy (non-hydrogen) atoms. The van der Waals surface area contributed by atoms with Crippen molar-refractivity contribution >= 4 is 44.1 Å². The second kappa shape index (κ2) is 10.8. The fourth-order valence-electron chi connectivity index (χ4n) is 4.83.